The van der Waals surface area contributed by atoms with E-state index in [0.717, 1.165) is 12.8 Å². The molecule has 0 radical (unpaired) electrons. The number of likely N-dealkylation sites (tertiary alicyclic amines) is 1. The van der Waals surface area contributed by atoms with Crippen LogP contribution in [0.3, 0.4) is 0 Å². The molecule has 1 unspecified atom stereocenters. The fourth-order valence-electron chi connectivity index (χ4n) is 2.37. The highest BCUT2D eigenvalue weighted by atomic mass is 32.1. The third-order valence-corrected chi connectivity index (χ3v) is 4.26. The Kier molecular flexibility index (Phi) is 5.00. The van der Waals surface area contributed by atoms with Gasteiger partial charge in [0.05, 0.1) is 19.6 Å². The molecule has 1 fully saturated rings. The second-order valence-electron chi connectivity index (χ2n) is 4.66. The molecule has 1 atom stereocenters. The van der Waals surface area contributed by atoms with Gasteiger partial charge in [0.1, 0.15) is 10.6 Å². The molecule has 1 aromatic heterocycles. The number of methoxy groups -OCH3 is 1. The van der Waals surface area contributed by atoms with E-state index in [1.807, 2.05) is 5.38 Å². The van der Waals surface area contributed by atoms with Crippen LogP contribution in [0.15, 0.2) is 11.4 Å². The van der Waals surface area contributed by atoms with Gasteiger partial charge in [-0.05, 0) is 31.2 Å². The highest BCUT2D eigenvalue weighted by molar-refractivity contribution is 7.12. The zero-order chi connectivity index (χ0) is 14.5. The zero-order valence-electron chi connectivity index (χ0n) is 11.8. The smallest absolute Gasteiger partial charge is 0.310 e. The number of nitrogens with zero attached hydrogens (tertiary/aromatic N) is 1. The molecular weight excluding hydrogens is 278 g/mol. The van der Waals surface area contributed by atoms with Gasteiger partial charge in [-0.25, -0.2) is 0 Å². The van der Waals surface area contributed by atoms with Crippen molar-refractivity contribution in [1.82, 2.24) is 4.90 Å². The summed E-state index contributed by atoms with van der Waals surface area (Å²) < 4.78 is 10.2. The minimum Gasteiger partial charge on any atom is -0.495 e. The van der Waals surface area contributed by atoms with E-state index in [4.69, 9.17) is 9.47 Å². The van der Waals surface area contributed by atoms with Crippen LogP contribution in [0, 0.1) is 5.92 Å². The summed E-state index contributed by atoms with van der Waals surface area (Å²) in [7, 11) is 1.55. The molecule has 0 bridgehead atoms. The molecule has 0 spiro atoms. The molecular formula is C14H19NO4S. The summed E-state index contributed by atoms with van der Waals surface area (Å²) in [6, 6.07) is 1.78. The summed E-state index contributed by atoms with van der Waals surface area (Å²) in [5.41, 5.74) is 0. The maximum atomic E-state index is 12.5. The second kappa shape index (κ2) is 6.74. The fraction of sp³-hybridized carbons (Fsp3) is 0.571. The van der Waals surface area contributed by atoms with Gasteiger partial charge in [-0.2, -0.15) is 0 Å². The molecule has 5 nitrogen and oxygen atoms in total. The van der Waals surface area contributed by atoms with Gasteiger partial charge in [-0.3, -0.25) is 9.59 Å². The third-order valence-electron chi connectivity index (χ3n) is 3.37. The highest BCUT2D eigenvalue weighted by Gasteiger charge is 2.31. The topological polar surface area (TPSA) is 55.8 Å². The predicted octanol–water partition coefficient (Wildman–Crippen LogP) is 2.17. The van der Waals surface area contributed by atoms with E-state index < -0.39 is 0 Å². The summed E-state index contributed by atoms with van der Waals surface area (Å²) in [6.07, 6.45) is 1.60. The lowest BCUT2D eigenvalue weighted by Crippen LogP contribution is -2.42. The number of esters is 1. The average Bonchev–Trinajstić information content (AvgIpc) is 2.95. The summed E-state index contributed by atoms with van der Waals surface area (Å²) in [5.74, 6) is 0.117. The van der Waals surface area contributed by atoms with Crippen molar-refractivity contribution in [1.29, 1.82) is 0 Å². The normalized spacial score (nSPS) is 18.7. The van der Waals surface area contributed by atoms with Gasteiger partial charge in [-0.15, -0.1) is 11.3 Å². The summed E-state index contributed by atoms with van der Waals surface area (Å²) in [4.78, 5) is 26.6. The number of carbonyl (C=O) groups is 2. The number of amides is 1. The average molecular weight is 297 g/mol. The van der Waals surface area contributed by atoms with E-state index in [1.54, 1.807) is 25.0 Å². The third kappa shape index (κ3) is 3.12. The van der Waals surface area contributed by atoms with E-state index in [2.05, 4.69) is 0 Å². The Morgan fingerprint density at radius 1 is 1.50 bits per heavy atom. The van der Waals surface area contributed by atoms with Crippen molar-refractivity contribution < 1.29 is 19.1 Å². The lowest BCUT2D eigenvalue weighted by atomic mass is 9.98. The molecule has 0 saturated carbocycles. The Labute approximate surface area is 122 Å². The molecule has 6 heteroatoms. The zero-order valence-corrected chi connectivity index (χ0v) is 12.6. The lowest BCUT2D eigenvalue weighted by Gasteiger charge is -2.31. The van der Waals surface area contributed by atoms with Crippen molar-refractivity contribution in [3.8, 4) is 5.75 Å². The molecule has 1 aliphatic rings. The molecule has 1 aliphatic heterocycles. The largest absolute Gasteiger partial charge is 0.495 e. The second-order valence-corrected chi connectivity index (χ2v) is 5.58. The van der Waals surface area contributed by atoms with E-state index >= 15 is 0 Å². The quantitative estimate of drug-likeness (QED) is 0.799. The number of hydrogen-bond acceptors (Lipinski definition) is 5. The van der Waals surface area contributed by atoms with Crippen LogP contribution in [0.25, 0.3) is 0 Å². The summed E-state index contributed by atoms with van der Waals surface area (Å²) in [6.45, 7) is 3.27. The summed E-state index contributed by atoms with van der Waals surface area (Å²) in [5, 5.41) is 1.83. The Morgan fingerprint density at radius 2 is 2.30 bits per heavy atom. The van der Waals surface area contributed by atoms with E-state index in [0.29, 0.717) is 30.3 Å². The van der Waals surface area contributed by atoms with Crippen LogP contribution < -0.4 is 4.74 Å². The first-order valence-corrected chi connectivity index (χ1v) is 7.62. The van der Waals surface area contributed by atoms with Gasteiger partial charge in [-0.1, -0.05) is 0 Å². The van der Waals surface area contributed by atoms with Gasteiger partial charge >= 0.3 is 5.97 Å². The first-order chi connectivity index (χ1) is 9.67. The minimum absolute atomic E-state index is 0.0640. The number of piperidine rings is 1. The molecule has 2 heterocycles. The van der Waals surface area contributed by atoms with E-state index in [-0.39, 0.29) is 17.8 Å². The van der Waals surface area contributed by atoms with Crippen LogP contribution in [0.2, 0.25) is 0 Å². The predicted molar refractivity (Wildman–Crippen MR) is 76.1 cm³/mol. The van der Waals surface area contributed by atoms with E-state index in [1.165, 1.54) is 11.3 Å². The van der Waals surface area contributed by atoms with Crippen molar-refractivity contribution in [3.05, 3.63) is 16.3 Å². The number of rotatable bonds is 4. The number of hydrogen-bond donors (Lipinski definition) is 0. The van der Waals surface area contributed by atoms with Gasteiger partial charge < -0.3 is 14.4 Å². The van der Waals surface area contributed by atoms with Crippen LogP contribution in [-0.4, -0.2) is 43.6 Å². The Bertz CT molecular complexity index is 485. The van der Waals surface area contributed by atoms with Crippen LogP contribution in [0.1, 0.15) is 29.4 Å². The Hall–Kier alpha value is -1.56. The van der Waals surface area contributed by atoms with Gasteiger partial charge in [0, 0.05) is 13.1 Å². The SMILES string of the molecule is CCOC(=O)C1CCCN(C(=O)c2sccc2OC)C1. The van der Waals surface area contributed by atoms with Crippen LogP contribution in [0.4, 0.5) is 0 Å². The van der Waals surface area contributed by atoms with Crippen LogP contribution >= 0.6 is 11.3 Å². The number of thiophene rings is 1. The molecule has 110 valence electrons. The first-order valence-electron chi connectivity index (χ1n) is 6.74. The molecule has 20 heavy (non-hydrogen) atoms. The van der Waals surface area contributed by atoms with Crippen molar-refractivity contribution >= 4 is 23.2 Å². The van der Waals surface area contributed by atoms with Crippen molar-refractivity contribution in [2.45, 2.75) is 19.8 Å². The maximum absolute atomic E-state index is 12.5. The van der Waals surface area contributed by atoms with Crippen LogP contribution in [0.5, 0.6) is 5.75 Å². The first kappa shape index (κ1) is 14.8. The molecule has 2 rings (SSSR count). The minimum atomic E-state index is -0.210. The van der Waals surface area contributed by atoms with Gasteiger partial charge in [0.15, 0.2) is 0 Å². The number of ether oxygens (including phenoxy) is 2. The van der Waals surface area contributed by atoms with Crippen molar-refractivity contribution in [3.63, 3.8) is 0 Å². The molecule has 0 N–H and O–H groups in total. The molecule has 1 saturated heterocycles. The number of carbonyl (C=O) groups excluding carboxylic acids is 2. The van der Waals surface area contributed by atoms with Crippen molar-refractivity contribution in [2.75, 3.05) is 26.8 Å². The molecule has 1 amide bonds. The summed E-state index contributed by atoms with van der Waals surface area (Å²) >= 11 is 1.36. The Morgan fingerprint density at radius 3 is 3.00 bits per heavy atom. The monoisotopic (exact) mass is 297 g/mol. The van der Waals surface area contributed by atoms with Crippen LogP contribution in [-0.2, 0) is 9.53 Å². The molecule has 0 aliphatic carbocycles. The van der Waals surface area contributed by atoms with Crippen molar-refractivity contribution in [2.24, 2.45) is 5.92 Å². The fourth-order valence-corrected chi connectivity index (χ4v) is 3.20. The van der Waals surface area contributed by atoms with E-state index in [9.17, 15) is 9.59 Å². The highest BCUT2D eigenvalue weighted by Crippen LogP contribution is 2.28. The lowest BCUT2D eigenvalue weighted by molar-refractivity contribution is -0.149. The maximum Gasteiger partial charge on any atom is 0.310 e. The van der Waals surface area contributed by atoms with Gasteiger partial charge in [0.2, 0.25) is 0 Å². The molecule has 1 aromatic rings. The Balaban J connectivity index is 2.05. The van der Waals surface area contributed by atoms with Gasteiger partial charge in [0.25, 0.3) is 5.91 Å². The molecule has 0 aromatic carbocycles. The standard InChI is InChI=1S/C14H19NO4S/c1-3-19-14(17)10-5-4-7-15(9-10)13(16)12-11(18-2)6-8-20-12/h6,8,10H,3-5,7,9H2,1-2H3.